The molecule has 0 saturated carbocycles. The first-order valence-electron chi connectivity index (χ1n) is 7.03. The van der Waals surface area contributed by atoms with Crippen molar-refractivity contribution < 1.29 is 4.74 Å². The molecule has 0 amide bonds. The van der Waals surface area contributed by atoms with E-state index in [-0.39, 0.29) is 0 Å². The second-order valence-corrected chi connectivity index (χ2v) is 5.51. The predicted molar refractivity (Wildman–Crippen MR) is 78.7 cm³/mol. The molecule has 0 bridgehead atoms. The number of ether oxygens (including phenoxy) is 1. The molecule has 1 aliphatic carbocycles. The van der Waals surface area contributed by atoms with Crippen LogP contribution in [0.5, 0.6) is 5.75 Å². The molecule has 3 rings (SSSR count). The fraction of sp³-hybridized carbons (Fsp3) is 0.333. The Morgan fingerprint density at radius 1 is 0.947 bits per heavy atom. The highest BCUT2D eigenvalue weighted by Crippen LogP contribution is 2.24. The van der Waals surface area contributed by atoms with Gasteiger partial charge in [0.1, 0.15) is 12.4 Å². The molecule has 0 unspecified atom stereocenters. The van der Waals surface area contributed by atoms with Crippen LogP contribution in [0.1, 0.15) is 34.2 Å². The van der Waals surface area contributed by atoms with Crippen molar-refractivity contribution in [3.8, 4) is 5.75 Å². The molecule has 0 saturated heterocycles. The highest BCUT2D eigenvalue weighted by molar-refractivity contribution is 5.37. The minimum atomic E-state index is 0.664. The summed E-state index contributed by atoms with van der Waals surface area (Å²) < 4.78 is 5.94. The summed E-state index contributed by atoms with van der Waals surface area (Å²) in [5.41, 5.74) is 6.81. The summed E-state index contributed by atoms with van der Waals surface area (Å²) in [6, 6.07) is 13.1. The summed E-state index contributed by atoms with van der Waals surface area (Å²) in [4.78, 5) is 0. The number of hydrogen-bond donors (Lipinski definition) is 0. The molecule has 0 atom stereocenters. The molecule has 0 aliphatic heterocycles. The average molecular weight is 252 g/mol. The summed E-state index contributed by atoms with van der Waals surface area (Å²) in [7, 11) is 0. The number of fused-ring (bicyclic) bond motifs is 1. The van der Waals surface area contributed by atoms with Crippen molar-refractivity contribution in [2.75, 3.05) is 0 Å². The minimum Gasteiger partial charge on any atom is -0.489 e. The fourth-order valence-corrected chi connectivity index (χ4v) is 2.84. The third kappa shape index (κ3) is 2.65. The Morgan fingerprint density at radius 3 is 2.63 bits per heavy atom. The van der Waals surface area contributed by atoms with Gasteiger partial charge in [-0.1, -0.05) is 35.9 Å². The van der Waals surface area contributed by atoms with Gasteiger partial charge in [-0.15, -0.1) is 0 Å². The van der Waals surface area contributed by atoms with Crippen LogP contribution in [0.15, 0.2) is 36.4 Å². The molecule has 0 heterocycles. The van der Waals surface area contributed by atoms with Gasteiger partial charge < -0.3 is 4.74 Å². The Hall–Kier alpha value is -1.76. The van der Waals surface area contributed by atoms with Crippen LogP contribution in [-0.2, 0) is 19.4 Å². The lowest BCUT2D eigenvalue weighted by Crippen LogP contribution is -1.98. The Labute approximate surface area is 115 Å². The minimum absolute atomic E-state index is 0.664. The molecule has 1 nitrogen and oxygen atoms in total. The molecule has 0 fully saturated rings. The molecular formula is C18H20O. The monoisotopic (exact) mass is 252 g/mol. The van der Waals surface area contributed by atoms with Crippen LogP contribution in [0.4, 0.5) is 0 Å². The first-order valence-corrected chi connectivity index (χ1v) is 7.03. The molecule has 0 radical (unpaired) electrons. The van der Waals surface area contributed by atoms with Crippen molar-refractivity contribution in [2.45, 2.75) is 39.7 Å². The highest BCUT2D eigenvalue weighted by atomic mass is 16.5. The molecule has 98 valence electrons. The maximum absolute atomic E-state index is 5.94. The molecule has 1 heteroatoms. The largest absolute Gasteiger partial charge is 0.489 e. The van der Waals surface area contributed by atoms with E-state index < -0.39 is 0 Å². The van der Waals surface area contributed by atoms with Crippen molar-refractivity contribution in [2.24, 2.45) is 0 Å². The van der Waals surface area contributed by atoms with Crippen LogP contribution in [0.25, 0.3) is 0 Å². The zero-order valence-electron chi connectivity index (χ0n) is 11.7. The second-order valence-electron chi connectivity index (χ2n) is 5.51. The summed E-state index contributed by atoms with van der Waals surface area (Å²) in [6.07, 6.45) is 3.77. The van der Waals surface area contributed by atoms with E-state index in [1.165, 1.54) is 47.1 Å². The van der Waals surface area contributed by atoms with Crippen LogP contribution in [-0.4, -0.2) is 0 Å². The molecule has 2 aromatic rings. The van der Waals surface area contributed by atoms with Gasteiger partial charge in [0.2, 0.25) is 0 Å². The number of benzene rings is 2. The Balaban J connectivity index is 1.72. The van der Waals surface area contributed by atoms with Crippen LogP contribution in [0, 0.1) is 13.8 Å². The quantitative estimate of drug-likeness (QED) is 0.788. The summed E-state index contributed by atoms with van der Waals surface area (Å²) in [5.74, 6) is 0.992. The maximum Gasteiger partial charge on any atom is 0.122 e. The number of hydrogen-bond acceptors (Lipinski definition) is 1. The van der Waals surface area contributed by atoms with Gasteiger partial charge in [0, 0.05) is 0 Å². The highest BCUT2D eigenvalue weighted by Gasteiger charge is 2.11. The zero-order chi connectivity index (χ0) is 13.2. The lowest BCUT2D eigenvalue weighted by Gasteiger charge is -2.11. The first kappa shape index (κ1) is 12.3. The predicted octanol–water partition coefficient (Wildman–Crippen LogP) is 4.37. The standard InChI is InChI=1S/C18H20O/c1-13-6-9-18(14(2)10-13)19-12-15-7-8-16-4-3-5-17(16)11-15/h6-11H,3-5,12H2,1-2H3. The molecule has 0 spiro atoms. The number of rotatable bonds is 3. The topological polar surface area (TPSA) is 9.23 Å². The van der Waals surface area contributed by atoms with Crippen molar-refractivity contribution in [1.82, 2.24) is 0 Å². The van der Waals surface area contributed by atoms with Crippen molar-refractivity contribution in [3.63, 3.8) is 0 Å². The van der Waals surface area contributed by atoms with E-state index in [2.05, 4.69) is 50.2 Å². The number of aryl methyl sites for hydroxylation is 4. The second kappa shape index (κ2) is 5.08. The van der Waals surface area contributed by atoms with Gasteiger partial charge in [0.05, 0.1) is 0 Å². The van der Waals surface area contributed by atoms with Gasteiger partial charge in [-0.2, -0.15) is 0 Å². The lowest BCUT2D eigenvalue weighted by atomic mass is 10.1. The van der Waals surface area contributed by atoms with Crippen LogP contribution in [0.3, 0.4) is 0 Å². The third-order valence-corrected chi connectivity index (χ3v) is 3.89. The zero-order valence-corrected chi connectivity index (χ0v) is 11.7. The third-order valence-electron chi connectivity index (χ3n) is 3.89. The van der Waals surface area contributed by atoms with Gasteiger partial charge in [-0.3, -0.25) is 0 Å². The van der Waals surface area contributed by atoms with Crippen LogP contribution in [0.2, 0.25) is 0 Å². The summed E-state index contributed by atoms with van der Waals surface area (Å²) in [5, 5.41) is 0. The lowest BCUT2D eigenvalue weighted by molar-refractivity contribution is 0.304. The van der Waals surface area contributed by atoms with Crippen molar-refractivity contribution in [1.29, 1.82) is 0 Å². The summed E-state index contributed by atoms with van der Waals surface area (Å²) >= 11 is 0. The molecular weight excluding hydrogens is 232 g/mol. The molecule has 0 N–H and O–H groups in total. The van der Waals surface area contributed by atoms with E-state index in [4.69, 9.17) is 4.74 Å². The first-order chi connectivity index (χ1) is 9.22. The van der Waals surface area contributed by atoms with E-state index in [9.17, 15) is 0 Å². The fourth-order valence-electron chi connectivity index (χ4n) is 2.84. The van der Waals surface area contributed by atoms with Gasteiger partial charge >= 0.3 is 0 Å². The van der Waals surface area contributed by atoms with Crippen molar-refractivity contribution in [3.05, 3.63) is 64.2 Å². The molecule has 2 aromatic carbocycles. The SMILES string of the molecule is Cc1ccc(OCc2ccc3c(c2)CCC3)c(C)c1. The van der Waals surface area contributed by atoms with Crippen molar-refractivity contribution >= 4 is 0 Å². The Morgan fingerprint density at radius 2 is 1.79 bits per heavy atom. The molecule has 19 heavy (non-hydrogen) atoms. The van der Waals surface area contributed by atoms with Gasteiger partial charge in [0.25, 0.3) is 0 Å². The van der Waals surface area contributed by atoms with Gasteiger partial charge in [0.15, 0.2) is 0 Å². The smallest absolute Gasteiger partial charge is 0.122 e. The Bertz CT molecular complexity index is 599. The average Bonchev–Trinajstić information content (AvgIpc) is 2.85. The van der Waals surface area contributed by atoms with E-state index in [1.54, 1.807) is 0 Å². The van der Waals surface area contributed by atoms with E-state index in [1.807, 2.05) is 0 Å². The van der Waals surface area contributed by atoms with E-state index >= 15 is 0 Å². The normalized spacial score (nSPS) is 13.4. The maximum atomic E-state index is 5.94. The molecule has 0 aromatic heterocycles. The van der Waals surface area contributed by atoms with Gasteiger partial charge in [-0.25, -0.2) is 0 Å². The van der Waals surface area contributed by atoms with Crippen LogP contribution < -0.4 is 4.74 Å². The van der Waals surface area contributed by atoms with Gasteiger partial charge in [-0.05, 0) is 61.4 Å². The van der Waals surface area contributed by atoms with E-state index in [0.29, 0.717) is 6.61 Å². The molecule has 1 aliphatic rings. The van der Waals surface area contributed by atoms with Crippen LogP contribution >= 0.6 is 0 Å². The van der Waals surface area contributed by atoms with E-state index in [0.717, 1.165) is 5.75 Å². The Kier molecular flexibility index (Phi) is 3.29. The summed E-state index contributed by atoms with van der Waals surface area (Å²) in [6.45, 7) is 4.87.